The topological polar surface area (TPSA) is 54.0 Å². The summed E-state index contributed by atoms with van der Waals surface area (Å²) in [5.74, 6) is 0.652. The fourth-order valence-electron chi connectivity index (χ4n) is 1.74. The van der Waals surface area contributed by atoms with Crippen molar-refractivity contribution in [3.63, 3.8) is 0 Å². The van der Waals surface area contributed by atoms with Gasteiger partial charge in [0.1, 0.15) is 6.61 Å². The van der Waals surface area contributed by atoms with Crippen molar-refractivity contribution < 1.29 is 23.7 Å². The fourth-order valence-corrected chi connectivity index (χ4v) is 1.74. The van der Waals surface area contributed by atoms with Gasteiger partial charge in [-0.25, -0.2) is 0 Å². The Balaban J connectivity index is 2.45. The number of ether oxygens (including phenoxy) is 4. The molecule has 0 spiro atoms. The molecular formula is C14H22O5. The molecule has 0 aromatic heterocycles. The summed E-state index contributed by atoms with van der Waals surface area (Å²) in [6, 6.07) is 0. The van der Waals surface area contributed by atoms with E-state index in [4.69, 9.17) is 18.9 Å². The molecule has 0 bridgehead atoms. The lowest BCUT2D eigenvalue weighted by Gasteiger charge is -2.20. The minimum Gasteiger partial charge on any atom is -0.493 e. The Bertz CT molecular complexity index is 346. The van der Waals surface area contributed by atoms with E-state index in [-0.39, 0.29) is 11.9 Å². The summed E-state index contributed by atoms with van der Waals surface area (Å²) in [6.45, 7) is 3.81. The van der Waals surface area contributed by atoms with Gasteiger partial charge in [-0.15, -0.1) is 0 Å². The van der Waals surface area contributed by atoms with E-state index in [1.807, 2.05) is 6.08 Å². The van der Waals surface area contributed by atoms with Gasteiger partial charge in [-0.05, 0) is 25.0 Å². The number of esters is 1. The van der Waals surface area contributed by atoms with Crippen LogP contribution in [0.3, 0.4) is 0 Å². The van der Waals surface area contributed by atoms with Crippen molar-refractivity contribution in [3.8, 4) is 0 Å². The summed E-state index contributed by atoms with van der Waals surface area (Å²) < 4.78 is 20.9. The molecule has 1 atom stereocenters. The predicted octanol–water partition coefficient (Wildman–Crippen LogP) is 2.04. The van der Waals surface area contributed by atoms with Gasteiger partial charge in [-0.1, -0.05) is 6.92 Å². The van der Waals surface area contributed by atoms with Crippen molar-refractivity contribution in [2.75, 3.05) is 34.0 Å². The zero-order valence-electron chi connectivity index (χ0n) is 11.8. The van der Waals surface area contributed by atoms with E-state index in [1.165, 1.54) is 7.11 Å². The molecule has 0 saturated heterocycles. The molecule has 1 aliphatic carbocycles. The largest absolute Gasteiger partial charge is 0.493 e. The maximum absolute atomic E-state index is 11.5. The number of allylic oxidation sites excluding steroid dienone is 1. The Morgan fingerprint density at radius 2 is 2.05 bits per heavy atom. The van der Waals surface area contributed by atoms with Crippen molar-refractivity contribution >= 4 is 5.97 Å². The minimum atomic E-state index is -0.302. The molecule has 1 aliphatic rings. The Hall–Kier alpha value is -1.49. The van der Waals surface area contributed by atoms with Crippen molar-refractivity contribution in [1.29, 1.82) is 0 Å². The number of hydrogen-bond donors (Lipinski definition) is 0. The lowest BCUT2D eigenvalue weighted by atomic mass is 9.99. The van der Waals surface area contributed by atoms with Crippen LogP contribution in [0, 0.1) is 5.92 Å². The smallest absolute Gasteiger partial charge is 0.312 e. The molecule has 0 radical (unpaired) electrons. The summed E-state index contributed by atoms with van der Waals surface area (Å²) in [4.78, 5) is 11.5. The van der Waals surface area contributed by atoms with Crippen molar-refractivity contribution in [3.05, 3.63) is 23.7 Å². The molecule has 19 heavy (non-hydrogen) atoms. The van der Waals surface area contributed by atoms with Crippen LogP contribution in [-0.4, -0.2) is 40.0 Å². The zero-order chi connectivity index (χ0) is 14.1. The highest BCUT2D eigenvalue weighted by molar-refractivity contribution is 5.75. The van der Waals surface area contributed by atoms with Crippen LogP contribution >= 0.6 is 0 Å². The van der Waals surface area contributed by atoms with E-state index < -0.39 is 0 Å². The quantitative estimate of drug-likeness (QED) is 0.499. The van der Waals surface area contributed by atoms with Gasteiger partial charge < -0.3 is 18.9 Å². The van der Waals surface area contributed by atoms with Crippen molar-refractivity contribution in [1.82, 2.24) is 0 Å². The number of hydrogen-bond acceptors (Lipinski definition) is 5. The van der Waals surface area contributed by atoms with Gasteiger partial charge >= 0.3 is 5.97 Å². The van der Waals surface area contributed by atoms with Gasteiger partial charge in [0.15, 0.2) is 11.5 Å². The van der Waals surface area contributed by atoms with E-state index >= 15 is 0 Å². The lowest BCUT2D eigenvalue weighted by Crippen LogP contribution is -2.18. The second-order valence-corrected chi connectivity index (χ2v) is 4.13. The van der Waals surface area contributed by atoms with Gasteiger partial charge in [-0.3, -0.25) is 4.79 Å². The van der Waals surface area contributed by atoms with Gasteiger partial charge in [0, 0.05) is 6.61 Å². The maximum Gasteiger partial charge on any atom is 0.312 e. The van der Waals surface area contributed by atoms with Crippen LogP contribution in [0.5, 0.6) is 0 Å². The molecule has 0 amide bonds. The first-order chi connectivity index (χ1) is 9.22. The second kappa shape index (κ2) is 8.58. The molecule has 0 saturated carbocycles. The second-order valence-electron chi connectivity index (χ2n) is 4.13. The van der Waals surface area contributed by atoms with Crippen molar-refractivity contribution in [2.24, 2.45) is 5.92 Å². The van der Waals surface area contributed by atoms with Crippen LogP contribution in [0.1, 0.15) is 19.8 Å². The first-order valence-electron chi connectivity index (χ1n) is 6.47. The third-order valence-corrected chi connectivity index (χ3v) is 2.71. The van der Waals surface area contributed by atoms with E-state index in [0.717, 1.165) is 13.0 Å². The first kappa shape index (κ1) is 15.6. The Morgan fingerprint density at radius 1 is 1.26 bits per heavy atom. The molecule has 108 valence electrons. The van der Waals surface area contributed by atoms with E-state index in [0.29, 0.717) is 31.2 Å². The van der Waals surface area contributed by atoms with Crippen LogP contribution in [0.2, 0.25) is 0 Å². The molecular weight excluding hydrogens is 248 g/mol. The maximum atomic E-state index is 11.5. The SMILES string of the molecule is CCCOCCOC1=CCC(C(=O)OC)C=C1OC. The summed E-state index contributed by atoms with van der Waals surface area (Å²) in [5.41, 5.74) is 0. The Kier molecular flexibility index (Phi) is 7.03. The highest BCUT2D eigenvalue weighted by Gasteiger charge is 2.23. The molecule has 1 rings (SSSR count). The normalized spacial score (nSPS) is 18.4. The van der Waals surface area contributed by atoms with Gasteiger partial charge in [0.2, 0.25) is 0 Å². The van der Waals surface area contributed by atoms with Gasteiger partial charge in [0.05, 0.1) is 26.7 Å². The van der Waals surface area contributed by atoms with E-state index in [1.54, 1.807) is 13.2 Å². The van der Waals surface area contributed by atoms with Crippen molar-refractivity contribution in [2.45, 2.75) is 19.8 Å². The molecule has 1 unspecified atom stereocenters. The number of methoxy groups -OCH3 is 2. The fraction of sp³-hybridized carbons (Fsp3) is 0.643. The van der Waals surface area contributed by atoms with Crippen LogP contribution in [0.4, 0.5) is 0 Å². The summed E-state index contributed by atoms with van der Waals surface area (Å²) >= 11 is 0. The summed E-state index contributed by atoms with van der Waals surface area (Å²) in [5, 5.41) is 0. The number of carbonyl (C=O) groups excluding carboxylic acids is 1. The van der Waals surface area contributed by atoms with Crippen LogP contribution in [0.15, 0.2) is 23.7 Å². The zero-order valence-corrected chi connectivity index (χ0v) is 11.8. The summed E-state index contributed by atoms with van der Waals surface area (Å²) in [7, 11) is 2.93. The van der Waals surface area contributed by atoms with Gasteiger partial charge in [-0.2, -0.15) is 0 Å². The molecule has 5 nitrogen and oxygen atoms in total. The molecule has 0 N–H and O–H groups in total. The highest BCUT2D eigenvalue weighted by Crippen LogP contribution is 2.25. The molecule has 0 heterocycles. The molecule has 0 fully saturated rings. The minimum absolute atomic E-state index is 0.267. The lowest BCUT2D eigenvalue weighted by molar-refractivity contribution is -0.143. The average Bonchev–Trinajstić information content (AvgIpc) is 2.46. The van der Waals surface area contributed by atoms with Crippen LogP contribution in [-0.2, 0) is 23.7 Å². The molecule has 5 heteroatoms. The molecule has 0 aromatic rings. The van der Waals surface area contributed by atoms with Gasteiger partial charge in [0.25, 0.3) is 0 Å². The average molecular weight is 270 g/mol. The summed E-state index contributed by atoms with van der Waals surface area (Å²) in [6.07, 6.45) is 5.13. The van der Waals surface area contributed by atoms with Crippen LogP contribution in [0.25, 0.3) is 0 Å². The predicted molar refractivity (Wildman–Crippen MR) is 70.4 cm³/mol. The monoisotopic (exact) mass is 270 g/mol. The number of carbonyl (C=O) groups is 1. The standard InChI is InChI=1S/C14H22O5/c1-4-7-18-8-9-19-12-6-5-11(14(15)17-3)10-13(12)16-2/h6,10-11H,4-5,7-9H2,1-3H3. The Labute approximate surface area is 114 Å². The molecule has 0 aliphatic heterocycles. The third-order valence-electron chi connectivity index (χ3n) is 2.71. The third kappa shape index (κ3) is 4.95. The highest BCUT2D eigenvalue weighted by atomic mass is 16.5. The van der Waals surface area contributed by atoms with E-state index in [9.17, 15) is 4.79 Å². The van der Waals surface area contributed by atoms with Crippen LogP contribution < -0.4 is 0 Å². The Morgan fingerprint density at radius 3 is 2.68 bits per heavy atom. The van der Waals surface area contributed by atoms with E-state index in [2.05, 4.69) is 6.92 Å². The first-order valence-corrected chi connectivity index (χ1v) is 6.47. The molecule has 0 aromatic carbocycles. The number of rotatable bonds is 8.